The van der Waals surface area contributed by atoms with Gasteiger partial charge in [-0.25, -0.2) is 4.79 Å². The molecule has 0 fully saturated rings. The molecule has 0 saturated carbocycles. The molecular weight excluding hydrogens is 234 g/mol. The zero-order valence-electron chi connectivity index (χ0n) is 9.19. The smallest absolute Gasteiger partial charge is 0.326 e. The Morgan fingerprint density at radius 2 is 2.06 bits per heavy atom. The SMILES string of the molecule is COC(=O)C[C@H](NC(=O)CCSC)C(=O)O. The van der Waals surface area contributed by atoms with Crippen molar-refractivity contribution in [1.29, 1.82) is 0 Å². The van der Waals surface area contributed by atoms with Gasteiger partial charge < -0.3 is 15.2 Å². The van der Waals surface area contributed by atoms with Gasteiger partial charge in [-0.05, 0) is 6.26 Å². The van der Waals surface area contributed by atoms with E-state index in [0.29, 0.717) is 5.75 Å². The minimum atomic E-state index is -1.25. The molecule has 0 aliphatic rings. The van der Waals surface area contributed by atoms with Gasteiger partial charge in [0.1, 0.15) is 6.04 Å². The van der Waals surface area contributed by atoms with Gasteiger partial charge in [0.25, 0.3) is 0 Å². The fraction of sp³-hybridized carbons (Fsp3) is 0.667. The number of carboxylic acid groups (broad SMARTS) is 1. The summed E-state index contributed by atoms with van der Waals surface area (Å²) in [7, 11) is 1.16. The number of hydrogen-bond acceptors (Lipinski definition) is 5. The van der Waals surface area contributed by atoms with Crippen molar-refractivity contribution in [1.82, 2.24) is 5.32 Å². The fourth-order valence-corrected chi connectivity index (χ4v) is 1.30. The van der Waals surface area contributed by atoms with Crippen LogP contribution in [-0.4, -0.2) is 48.1 Å². The number of carbonyl (C=O) groups excluding carboxylic acids is 2. The minimum Gasteiger partial charge on any atom is -0.480 e. The van der Waals surface area contributed by atoms with Crippen LogP contribution in [0, 0.1) is 0 Å². The highest BCUT2D eigenvalue weighted by Crippen LogP contribution is 1.99. The van der Waals surface area contributed by atoms with Gasteiger partial charge in [-0.3, -0.25) is 9.59 Å². The zero-order chi connectivity index (χ0) is 12.6. The van der Waals surface area contributed by atoms with E-state index >= 15 is 0 Å². The van der Waals surface area contributed by atoms with Gasteiger partial charge in [0.2, 0.25) is 5.91 Å². The molecule has 0 rings (SSSR count). The van der Waals surface area contributed by atoms with Crippen LogP contribution in [0.1, 0.15) is 12.8 Å². The summed E-state index contributed by atoms with van der Waals surface area (Å²) < 4.78 is 4.34. The lowest BCUT2D eigenvalue weighted by molar-refractivity contribution is -0.148. The lowest BCUT2D eigenvalue weighted by Crippen LogP contribution is -2.42. The summed E-state index contributed by atoms with van der Waals surface area (Å²) in [5.41, 5.74) is 0. The van der Waals surface area contributed by atoms with E-state index < -0.39 is 18.0 Å². The molecule has 0 aromatic rings. The van der Waals surface area contributed by atoms with E-state index in [1.807, 2.05) is 6.26 Å². The number of hydrogen-bond donors (Lipinski definition) is 2. The summed E-state index contributed by atoms with van der Waals surface area (Å²) in [5.74, 6) is -1.69. The van der Waals surface area contributed by atoms with Gasteiger partial charge in [-0.15, -0.1) is 0 Å². The van der Waals surface area contributed by atoms with Gasteiger partial charge in [0, 0.05) is 12.2 Å². The molecule has 0 aliphatic carbocycles. The quantitative estimate of drug-likeness (QED) is 0.611. The highest BCUT2D eigenvalue weighted by molar-refractivity contribution is 7.98. The Labute approximate surface area is 97.7 Å². The topological polar surface area (TPSA) is 92.7 Å². The first-order valence-electron chi connectivity index (χ1n) is 4.59. The second-order valence-corrected chi connectivity index (χ2v) is 3.97. The third-order valence-corrected chi connectivity index (χ3v) is 2.38. The van der Waals surface area contributed by atoms with Crippen LogP contribution in [-0.2, 0) is 19.1 Å². The Hall–Kier alpha value is -1.24. The van der Waals surface area contributed by atoms with Crippen LogP contribution in [0.3, 0.4) is 0 Å². The molecule has 0 aromatic carbocycles. The van der Waals surface area contributed by atoms with Crippen molar-refractivity contribution in [3.63, 3.8) is 0 Å². The minimum absolute atomic E-state index is 0.228. The Kier molecular flexibility index (Phi) is 7.36. The van der Waals surface area contributed by atoms with Crippen molar-refractivity contribution < 1.29 is 24.2 Å². The van der Waals surface area contributed by atoms with E-state index in [2.05, 4.69) is 10.1 Å². The van der Waals surface area contributed by atoms with Crippen LogP contribution in [0.15, 0.2) is 0 Å². The van der Waals surface area contributed by atoms with E-state index in [9.17, 15) is 14.4 Å². The van der Waals surface area contributed by atoms with Crippen molar-refractivity contribution in [3.05, 3.63) is 0 Å². The van der Waals surface area contributed by atoms with Gasteiger partial charge in [-0.1, -0.05) is 0 Å². The predicted octanol–water partition coefficient (Wildman–Crippen LogP) is -0.128. The maximum atomic E-state index is 11.2. The molecule has 0 aliphatic heterocycles. The van der Waals surface area contributed by atoms with E-state index in [4.69, 9.17) is 5.11 Å². The first kappa shape index (κ1) is 14.8. The van der Waals surface area contributed by atoms with Gasteiger partial charge in [0.05, 0.1) is 13.5 Å². The molecular formula is C9H15NO5S. The number of methoxy groups -OCH3 is 1. The number of rotatable bonds is 7. The predicted molar refractivity (Wildman–Crippen MR) is 59.2 cm³/mol. The van der Waals surface area contributed by atoms with Crippen LogP contribution < -0.4 is 5.32 Å². The lowest BCUT2D eigenvalue weighted by atomic mass is 10.2. The number of carbonyl (C=O) groups is 3. The third-order valence-electron chi connectivity index (χ3n) is 1.77. The summed E-state index contributed by atoms with van der Waals surface area (Å²) in [6.07, 6.45) is 1.71. The fourth-order valence-electron chi connectivity index (χ4n) is 0.911. The normalized spacial score (nSPS) is 11.6. The molecule has 0 unspecified atom stereocenters. The molecule has 1 amide bonds. The number of amides is 1. The first-order chi connectivity index (χ1) is 7.51. The monoisotopic (exact) mass is 249 g/mol. The average molecular weight is 249 g/mol. The van der Waals surface area contributed by atoms with Gasteiger partial charge >= 0.3 is 11.9 Å². The molecule has 0 aromatic heterocycles. The number of thioether (sulfide) groups is 1. The van der Waals surface area contributed by atoms with Crippen molar-refractivity contribution in [2.75, 3.05) is 19.1 Å². The molecule has 0 heterocycles. The molecule has 92 valence electrons. The molecule has 7 heteroatoms. The molecule has 2 N–H and O–H groups in total. The van der Waals surface area contributed by atoms with Crippen LogP contribution in [0.5, 0.6) is 0 Å². The van der Waals surface area contributed by atoms with Gasteiger partial charge in [0.15, 0.2) is 0 Å². The largest absolute Gasteiger partial charge is 0.480 e. The van der Waals surface area contributed by atoms with E-state index in [0.717, 1.165) is 7.11 Å². The van der Waals surface area contributed by atoms with Gasteiger partial charge in [-0.2, -0.15) is 11.8 Å². The summed E-state index contributed by atoms with van der Waals surface area (Å²) in [6, 6.07) is -1.22. The molecule has 0 saturated heterocycles. The zero-order valence-corrected chi connectivity index (χ0v) is 10.0. The summed E-state index contributed by atoms with van der Waals surface area (Å²) in [6.45, 7) is 0. The number of esters is 1. The van der Waals surface area contributed by atoms with Crippen molar-refractivity contribution in [2.45, 2.75) is 18.9 Å². The number of ether oxygens (including phenoxy) is 1. The van der Waals surface area contributed by atoms with Crippen molar-refractivity contribution >= 4 is 29.6 Å². The number of nitrogens with one attached hydrogen (secondary N) is 1. The Bertz CT molecular complexity index is 269. The summed E-state index contributed by atoms with van der Waals surface area (Å²) >= 11 is 1.48. The highest BCUT2D eigenvalue weighted by Gasteiger charge is 2.23. The highest BCUT2D eigenvalue weighted by atomic mass is 32.2. The van der Waals surface area contributed by atoms with Crippen LogP contribution in [0.2, 0.25) is 0 Å². The molecule has 1 atom stereocenters. The molecule has 0 spiro atoms. The second kappa shape index (κ2) is 7.98. The molecule has 0 radical (unpaired) electrons. The van der Waals surface area contributed by atoms with Crippen molar-refractivity contribution in [3.8, 4) is 0 Å². The van der Waals surface area contributed by atoms with Crippen molar-refractivity contribution in [2.24, 2.45) is 0 Å². The Morgan fingerprint density at radius 1 is 1.44 bits per heavy atom. The van der Waals surface area contributed by atoms with Crippen LogP contribution in [0.25, 0.3) is 0 Å². The Morgan fingerprint density at radius 3 is 2.50 bits per heavy atom. The molecule has 0 bridgehead atoms. The van der Waals surface area contributed by atoms with E-state index in [1.54, 1.807) is 0 Å². The molecule has 16 heavy (non-hydrogen) atoms. The van der Waals surface area contributed by atoms with E-state index in [-0.39, 0.29) is 18.7 Å². The summed E-state index contributed by atoms with van der Waals surface area (Å²) in [4.78, 5) is 32.9. The standard InChI is InChI=1S/C9H15NO5S/c1-15-8(12)5-6(9(13)14)10-7(11)3-4-16-2/h6H,3-5H2,1-2H3,(H,10,11)(H,13,14)/t6-/m0/s1. The van der Waals surface area contributed by atoms with E-state index in [1.165, 1.54) is 11.8 Å². The molecule has 6 nitrogen and oxygen atoms in total. The van der Waals surface area contributed by atoms with Crippen LogP contribution in [0.4, 0.5) is 0 Å². The maximum Gasteiger partial charge on any atom is 0.326 e. The average Bonchev–Trinajstić information content (AvgIpc) is 2.24. The van der Waals surface area contributed by atoms with Crippen LogP contribution >= 0.6 is 11.8 Å². The lowest BCUT2D eigenvalue weighted by Gasteiger charge is -2.12. The summed E-state index contributed by atoms with van der Waals surface area (Å²) in [5, 5.41) is 11.0. The number of aliphatic carboxylic acids is 1. The second-order valence-electron chi connectivity index (χ2n) is 2.98. The third kappa shape index (κ3) is 6.28. The Balaban J connectivity index is 4.17. The number of carboxylic acids is 1. The first-order valence-corrected chi connectivity index (χ1v) is 5.98. The maximum absolute atomic E-state index is 11.2.